The maximum absolute atomic E-state index is 11.7. The van der Waals surface area contributed by atoms with E-state index < -0.39 is 0 Å². The van der Waals surface area contributed by atoms with Gasteiger partial charge in [0.15, 0.2) is 5.82 Å². The smallest absolute Gasteiger partial charge is 0.244 e. The molecule has 0 aliphatic carbocycles. The van der Waals surface area contributed by atoms with Crippen LogP contribution in [-0.4, -0.2) is 39.0 Å². The molecule has 0 spiro atoms. The van der Waals surface area contributed by atoms with Gasteiger partial charge in [0.25, 0.3) is 0 Å². The zero-order valence-corrected chi connectivity index (χ0v) is 13.5. The van der Waals surface area contributed by atoms with E-state index in [1.54, 1.807) is 23.2 Å². The summed E-state index contributed by atoms with van der Waals surface area (Å²) in [6.07, 6.45) is 6.79. The van der Waals surface area contributed by atoms with Crippen LogP contribution in [0, 0.1) is 0 Å². The van der Waals surface area contributed by atoms with E-state index in [1.807, 2.05) is 48.5 Å². The van der Waals surface area contributed by atoms with E-state index >= 15 is 0 Å². The third-order valence-corrected chi connectivity index (χ3v) is 3.35. The summed E-state index contributed by atoms with van der Waals surface area (Å²) < 4.78 is 1.63. The summed E-state index contributed by atoms with van der Waals surface area (Å²) in [5.74, 6) is 1.16. The molecule has 0 aliphatic rings. The number of amides is 1. The van der Waals surface area contributed by atoms with E-state index in [4.69, 9.17) is 0 Å². The van der Waals surface area contributed by atoms with Crippen LogP contribution in [0.1, 0.15) is 5.56 Å². The van der Waals surface area contributed by atoms with Crippen LogP contribution >= 0.6 is 0 Å². The third-order valence-electron chi connectivity index (χ3n) is 3.35. The van der Waals surface area contributed by atoms with Gasteiger partial charge >= 0.3 is 0 Å². The van der Waals surface area contributed by atoms with Crippen LogP contribution in [0.15, 0.2) is 67.0 Å². The first-order valence-corrected chi connectivity index (χ1v) is 7.90. The van der Waals surface area contributed by atoms with Crippen LogP contribution in [-0.2, 0) is 4.79 Å². The Balaban J connectivity index is 1.39. The van der Waals surface area contributed by atoms with Crippen molar-refractivity contribution in [1.82, 2.24) is 25.3 Å². The molecule has 0 saturated heterocycles. The molecule has 3 aromatic rings. The van der Waals surface area contributed by atoms with Gasteiger partial charge in [-0.15, -0.1) is 10.2 Å². The lowest BCUT2D eigenvalue weighted by molar-refractivity contribution is -0.116. The summed E-state index contributed by atoms with van der Waals surface area (Å²) in [5, 5.41) is 18.2. The van der Waals surface area contributed by atoms with Gasteiger partial charge in [0.2, 0.25) is 5.91 Å². The van der Waals surface area contributed by atoms with Crippen molar-refractivity contribution in [3.8, 4) is 5.82 Å². The molecule has 7 nitrogen and oxygen atoms in total. The first-order chi connectivity index (χ1) is 12.3. The number of aromatic nitrogens is 4. The molecule has 0 fully saturated rings. The second kappa shape index (κ2) is 8.39. The van der Waals surface area contributed by atoms with E-state index in [2.05, 4.69) is 25.9 Å². The number of hydrogen-bond donors (Lipinski definition) is 2. The van der Waals surface area contributed by atoms with Gasteiger partial charge in [-0.05, 0) is 29.8 Å². The van der Waals surface area contributed by atoms with Crippen molar-refractivity contribution in [2.24, 2.45) is 0 Å². The lowest BCUT2D eigenvalue weighted by atomic mass is 10.2. The highest BCUT2D eigenvalue weighted by molar-refractivity contribution is 5.91. The molecule has 2 aromatic heterocycles. The van der Waals surface area contributed by atoms with Crippen LogP contribution in [0.4, 0.5) is 5.82 Å². The predicted octanol–water partition coefficient (Wildman–Crippen LogP) is 1.90. The van der Waals surface area contributed by atoms with E-state index in [0.29, 0.717) is 24.7 Å². The van der Waals surface area contributed by atoms with E-state index in [9.17, 15) is 4.79 Å². The molecule has 2 N–H and O–H groups in total. The van der Waals surface area contributed by atoms with Crippen LogP contribution < -0.4 is 10.6 Å². The number of nitrogens with one attached hydrogen (secondary N) is 2. The lowest BCUT2D eigenvalue weighted by Gasteiger charge is -2.06. The second-order valence-corrected chi connectivity index (χ2v) is 5.19. The Labute approximate surface area is 145 Å². The highest BCUT2D eigenvalue weighted by Crippen LogP contribution is 2.05. The Morgan fingerprint density at radius 2 is 1.92 bits per heavy atom. The molecular formula is C18H18N6O. The molecule has 1 aromatic carbocycles. The van der Waals surface area contributed by atoms with Crippen molar-refractivity contribution in [2.45, 2.75) is 0 Å². The number of rotatable bonds is 7. The van der Waals surface area contributed by atoms with Gasteiger partial charge in [-0.3, -0.25) is 4.79 Å². The quantitative estimate of drug-likeness (QED) is 0.509. The van der Waals surface area contributed by atoms with Gasteiger partial charge in [-0.25, -0.2) is 4.68 Å². The van der Waals surface area contributed by atoms with Gasteiger partial charge in [-0.1, -0.05) is 30.3 Å². The zero-order valence-electron chi connectivity index (χ0n) is 13.5. The average molecular weight is 334 g/mol. The van der Waals surface area contributed by atoms with Crippen molar-refractivity contribution < 1.29 is 4.79 Å². The Morgan fingerprint density at radius 1 is 1.04 bits per heavy atom. The van der Waals surface area contributed by atoms with Crippen molar-refractivity contribution in [2.75, 3.05) is 18.4 Å². The van der Waals surface area contributed by atoms with E-state index in [-0.39, 0.29) is 5.91 Å². The standard InChI is InChI=1S/C18H18N6O/c25-18(10-7-15-5-2-1-3-6-15)20-13-12-19-16-8-9-17(23-22-16)24-14-4-11-21-24/h1-11,14H,12-13H2,(H,19,22)(H,20,25)/b10-7-. The summed E-state index contributed by atoms with van der Waals surface area (Å²) in [6.45, 7) is 1.04. The maximum Gasteiger partial charge on any atom is 0.244 e. The molecule has 2 heterocycles. The molecule has 126 valence electrons. The number of carbonyl (C=O) groups is 1. The number of carbonyl (C=O) groups excluding carboxylic acids is 1. The molecule has 3 rings (SSSR count). The Bertz CT molecular complexity index is 813. The Morgan fingerprint density at radius 3 is 2.64 bits per heavy atom. The van der Waals surface area contributed by atoms with Crippen molar-refractivity contribution in [3.63, 3.8) is 0 Å². The topological polar surface area (TPSA) is 84.7 Å². The summed E-state index contributed by atoms with van der Waals surface area (Å²) in [6, 6.07) is 15.1. The number of nitrogens with zero attached hydrogens (tertiary/aromatic N) is 4. The fourth-order valence-electron chi connectivity index (χ4n) is 2.12. The van der Waals surface area contributed by atoms with Crippen LogP contribution in [0.25, 0.3) is 11.9 Å². The van der Waals surface area contributed by atoms with Crippen LogP contribution in [0.5, 0.6) is 0 Å². The molecule has 0 aliphatic heterocycles. The molecule has 1 amide bonds. The number of hydrogen-bond acceptors (Lipinski definition) is 5. The summed E-state index contributed by atoms with van der Waals surface area (Å²) in [7, 11) is 0. The van der Waals surface area contributed by atoms with Gasteiger partial charge < -0.3 is 10.6 Å². The molecule has 0 bridgehead atoms. The van der Waals surface area contributed by atoms with Gasteiger partial charge in [0.1, 0.15) is 5.82 Å². The monoisotopic (exact) mass is 334 g/mol. The van der Waals surface area contributed by atoms with Crippen molar-refractivity contribution in [3.05, 3.63) is 72.6 Å². The molecule has 0 unspecified atom stereocenters. The van der Waals surface area contributed by atoms with Crippen molar-refractivity contribution in [1.29, 1.82) is 0 Å². The van der Waals surface area contributed by atoms with Gasteiger partial charge in [-0.2, -0.15) is 5.10 Å². The number of anilines is 1. The summed E-state index contributed by atoms with van der Waals surface area (Å²) >= 11 is 0. The highest BCUT2D eigenvalue weighted by Gasteiger charge is 2.00. The molecule has 0 atom stereocenters. The minimum atomic E-state index is -0.134. The molecule has 7 heteroatoms. The molecule has 0 saturated carbocycles. The first kappa shape index (κ1) is 16.4. The van der Waals surface area contributed by atoms with Crippen molar-refractivity contribution >= 4 is 17.8 Å². The fourth-order valence-corrected chi connectivity index (χ4v) is 2.12. The van der Waals surface area contributed by atoms with Gasteiger partial charge in [0, 0.05) is 31.6 Å². The second-order valence-electron chi connectivity index (χ2n) is 5.19. The zero-order chi connectivity index (χ0) is 17.3. The Kier molecular flexibility index (Phi) is 5.50. The fraction of sp³-hybridized carbons (Fsp3) is 0.111. The van der Waals surface area contributed by atoms with Crippen LogP contribution in [0.3, 0.4) is 0 Å². The molecule has 25 heavy (non-hydrogen) atoms. The lowest BCUT2D eigenvalue weighted by Crippen LogP contribution is -2.27. The van der Waals surface area contributed by atoms with Gasteiger partial charge in [0.05, 0.1) is 0 Å². The van der Waals surface area contributed by atoms with Crippen LogP contribution in [0.2, 0.25) is 0 Å². The van der Waals surface area contributed by atoms with E-state index in [1.165, 1.54) is 6.08 Å². The van der Waals surface area contributed by atoms with E-state index in [0.717, 1.165) is 5.56 Å². The first-order valence-electron chi connectivity index (χ1n) is 7.90. The Hall–Kier alpha value is -3.48. The summed E-state index contributed by atoms with van der Waals surface area (Å²) in [5.41, 5.74) is 0.989. The predicted molar refractivity (Wildman–Crippen MR) is 96.1 cm³/mol. The third kappa shape index (κ3) is 5.00. The number of benzene rings is 1. The summed E-state index contributed by atoms with van der Waals surface area (Å²) in [4.78, 5) is 11.7. The largest absolute Gasteiger partial charge is 0.367 e. The average Bonchev–Trinajstić information content (AvgIpc) is 3.20. The molecular weight excluding hydrogens is 316 g/mol. The minimum absolute atomic E-state index is 0.134. The normalized spacial score (nSPS) is 10.7. The maximum atomic E-state index is 11.7. The SMILES string of the molecule is O=C(/C=C\c1ccccc1)NCCNc1ccc(-n2cccn2)nn1. The highest BCUT2D eigenvalue weighted by atomic mass is 16.1. The molecule has 0 radical (unpaired) electrons. The minimum Gasteiger partial charge on any atom is -0.367 e.